The molecule has 4 aromatic carbocycles. The van der Waals surface area contributed by atoms with Gasteiger partial charge in [-0.05, 0) is 95.6 Å². The number of thiazole rings is 2. The van der Waals surface area contributed by atoms with Gasteiger partial charge in [0.1, 0.15) is 17.0 Å². The number of hydrogen-bond acceptors (Lipinski definition) is 9. The van der Waals surface area contributed by atoms with Gasteiger partial charge in [-0.15, -0.1) is 22.7 Å². The third-order valence-electron chi connectivity index (χ3n) is 8.04. The first-order valence-electron chi connectivity index (χ1n) is 17.1. The van der Waals surface area contributed by atoms with E-state index in [4.69, 9.17) is 24.2 Å². The zero-order valence-electron chi connectivity index (χ0n) is 30.8. The van der Waals surface area contributed by atoms with Gasteiger partial charge in [0.15, 0.2) is 10.3 Å². The minimum Gasteiger partial charge on any atom is -0.497 e. The van der Waals surface area contributed by atoms with E-state index in [9.17, 15) is 9.59 Å². The maximum Gasteiger partial charge on any atom is 0.421 e. The lowest BCUT2D eigenvalue weighted by Crippen LogP contribution is -2.37. The lowest BCUT2D eigenvalue weighted by atomic mass is 9.98. The SMILES string of the molecule is COc1ccc(-c2csc(N(C(=O)OC(C)(C)Cc3cccc(N(C(=O)OC(C)(C)C)c4nc(-c5ccc(C)cc5)cs4)c3)c3ccccc3)n2)cc1. The van der Waals surface area contributed by atoms with Crippen molar-refractivity contribution in [2.75, 3.05) is 16.9 Å². The molecule has 0 fully saturated rings. The Morgan fingerprint density at radius 1 is 0.660 bits per heavy atom. The second-order valence-corrected chi connectivity index (χ2v) is 15.8. The van der Waals surface area contributed by atoms with Crippen molar-refractivity contribution in [2.45, 2.75) is 59.2 Å². The van der Waals surface area contributed by atoms with Gasteiger partial charge < -0.3 is 14.2 Å². The molecule has 53 heavy (non-hydrogen) atoms. The van der Waals surface area contributed by atoms with Gasteiger partial charge in [-0.1, -0.05) is 60.2 Å². The van der Waals surface area contributed by atoms with Crippen molar-refractivity contribution in [1.82, 2.24) is 9.97 Å². The molecule has 0 aliphatic heterocycles. The van der Waals surface area contributed by atoms with Gasteiger partial charge in [0.25, 0.3) is 0 Å². The number of amides is 2. The molecule has 2 heterocycles. The van der Waals surface area contributed by atoms with Gasteiger partial charge in [0.05, 0.1) is 29.9 Å². The lowest BCUT2D eigenvalue weighted by Gasteiger charge is -2.29. The Balaban J connectivity index is 1.25. The fourth-order valence-electron chi connectivity index (χ4n) is 5.57. The predicted molar refractivity (Wildman–Crippen MR) is 214 cm³/mol. The molecule has 0 saturated heterocycles. The largest absolute Gasteiger partial charge is 0.497 e. The van der Waals surface area contributed by atoms with Crippen LogP contribution in [0.3, 0.4) is 0 Å². The van der Waals surface area contributed by atoms with Crippen molar-refractivity contribution in [3.05, 3.63) is 125 Å². The van der Waals surface area contributed by atoms with E-state index in [2.05, 4.69) is 0 Å². The van der Waals surface area contributed by atoms with E-state index in [-0.39, 0.29) is 0 Å². The number of aromatic nitrogens is 2. The normalized spacial score (nSPS) is 11.5. The van der Waals surface area contributed by atoms with Crippen molar-refractivity contribution >= 4 is 56.5 Å². The van der Waals surface area contributed by atoms with Crippen LogP contribution in [0.5, 0.6) is 5.75 Å². The van der Waals surface area contributed by atoms with Crippen LogP contribution in [0.2, 0.25) is 0 Å². The summed E-state index contributed by atoms with van der Waals surface area (Å²) in [5.41, 5.74) is 4.91. The van der Waals surface area contributed by atoms with Crippen LogP contribution in [0.15, 0.2) is 114 Å². The van der Waals surface area contributed by atoms with Crippen LogP contribution in [0.1, 0.15) is 45.7 Å². The van der Waals surface area contributed by atoms with E-state index in [0.29, 0.717) is 28.1 Å². The first-order valence-corrected chi connectivity index (χ1v) is 18.9. The molecule has 11 heteroatoms. The maximum absolute atomic E-state index is 14.1. The van der Waals surface area contributed by atoms with Crippen molar-refractivity contribution in [1.29, 1.82) is 0 Å². The lowest BCUT2D eigenvalue weighted by molar-refractivity contribution is 0.0459. The summed E-state index contributed by atoms with van der Waals surface area (Å²) in [6, 6.07) is 32.6. The zero-order valence-corrected chi connectivity index (χ0v) is 32.5. The molecule has 6 rings (SSSR count). The monoisotopic (exact) mass is 746 g/mol. The van der Waals surface area contributed by atoms with E-state index < -0.39 is 23.4 Å². The van der Waals surface area contributed by atoms with Gasteiger partial charge in [-0.2, -0.15) is 0 Å². The van der Waals surface area contributed by atoms with E-state index in [0.717, 1.165) is 39.4 Å². The van der Waals surface area contributed by atoms with Crippen LogP contribution in [-0.4, -0.2) is 40.5 Å². The molecule has 0 atom stereocenters. The average molecular weight is 747 g/mol. The highest BCUT2D eigenvalue weighted by molar-refractivity contribution is 7.14. The second kappa shape index (κ2) is 15.6. The smallest absolute Gasteiger partial charge is 0.421 e. The number of carbonyl (C=O) groups excluding carboxylic acids is 2. The molecule has 2 amide bonds. The van der Waals surface area contributed by atoms with E-state index in [1.807, 2.05) is 155 Å². The van der Waals surface area contributed by atoms with Gasteiger partial charge in [0, 0.05) is 28.3 Å². The zero-order chi connectivity index (χ0) is 37.8. The van der Waals surface area contributed by atoms with Crippen LogP contribution in [0.25, 0.3) is 22.5 Å². The van der Waals surface area contributed by atoms with Crippen molar-refractivity contribution < 1.29 is 23.8 Å². The highest BCUT2D eigenvalue weighted by Crippen LogP contribution is 2.37. The van der Waals surface area contributed by atoms with Crippen LogP contribution >= 0.6 is 22.7 Å². The van der Waals surface area contributed by atoms with Crippen LogP contribution in [0.4, 0.5) is 31.2 Å². The fraction of sp³-hybridized carbons (Fsp3) is 0.238. The van der Waals surface area contributed by atoms with Crippen molar-refractivity contribution in [2.24, 2.45) is 0 Å². The van der Waals surface area contributed by atoms with Gasteiger partial charge in [-0.3, -0.25) is 0 Å². The van der Waals surface area contributed by atoms with Crippen LogP contribution in [0, 0.1) is 6.92 Å². The van der Waals surface area contributed by atoms with Gasteiger partial charge in [-0.25, -0.2) is 29.4 Å². The molecule has 272 valence electrons. The summed E-state index contributed by atoms with van der Waals surface area (Å²) in [6.45, 7) is 11.3. The summed E-state index contributed by atoms with van der Waals surface area (Å²) in [5, 5.41) is 4.81. The Kier molecular flexibility index (Phi) is 11.0. The molecule has 2 aromatic heterocycles. The number of methoxy groups -OCH3 is 1. The summed E-state index contributed by atoms with van der Waals surface area (Å²) in [7, 11) is 1.63. The number of rotatable bonds is 10. The Morgan fingerprint density at radius 3 is 1.75 bits per heavy atom. The summed E-state index contributed by atoms with van der Waals surface area (Å²) in [4.78, 5) is 40.5. The number of ether oxygens (including phenoxy) is 3. The highest BCUT2D eigenvalue weighted by Gasteiger charge is 2.32. The van der Waals surface area contributed by atoms with Crippen LogP contribution < -0.4 is 14.5 Å². The molecule has 6 aromatic rings. The molecular formula is C42H42N4O5S2. The number of nitrogens with zero attached hydrogens (tertiary/aromatic N) is 4. The number of para-hydroxylation sites is 1. The molecule has 0 aliphatic carbocycles. The van der Waals surface area contributed by atoms with Crippen LogP contribution in [-0.2, 0) is 15.9 Å². The summed E-state index contributed by atoms with van der Waals surface area (Å²) in [6.07, 6.45) is -0.741. The molecule has 9 nitrogen and oxygen atoms in total. The highest BCUT2D eigenvalue weighted by atomic mass is 32.1. The number of anilines is 4. The number of benzene rings is 4. The molecule has 0 spiro atoms. The Bertz CT molecular complexity index is 2170. The number of carbonyl (C=O) groups is 2. The summed E-state index contributed by atoms with van der Waals surface area (Å²) in [5.74, 6) is 0.749. The molecule has 0 bridgehead atoms. The Hall–Kier alpha value is -5.52. The Labute approximate surface area is 318 Å². The standard InChI is InChI=1S/C42H42N4O5S2/c1-28-16-18-30(19-17-28)35-26-53-38(44-35)46(39(47)50-41(2,3)4)33-15-11-12-29(24-33)25-42(5,6)51-40(48)45(32-13-9-8-10-14-32)37-43-36(27-52-37)31-20-22-34(49-7)23-21-31/h8-24,26-27H,25H2,1-7H3. The average Bonchev–Trinajstić information content (AvgIpc) is 3.79. The van der Waals surface area contributed by atoms with E-state index >= 15 is 0 Å². The molecule has 0 aliphatic rings. The predicted octanol–water partition coefficient (Wildman–Crippen LogP) is 11.6. The summed E-state index contributed by atoms with van der Waals surface area (Å²) >= 11 is 2.72. The Morgan fingerprint density at radius 2 is 1.19 bits per heavy atom. The number of aryl methyl sites for hydroxylation is 1. The minimum absolute atomic E-state index is 0.360. The first kappa shape index (κ1) is 37.2. The molecular weight excluding hydrogens is 705 g/mol. The second-order valence-electron chi connectivity index (χ2n) is 14.1. The number of hydrogen-bond donors (Lipinski definition) is 0. The van der Waals surface area contributed by atoms with E-state index in [1.54, 1.807) is 7.11 Å². The third-order valence-corrected chi connectivity index (χ3v) is 9.69. The topological polar surface area (TPSA) is 94.1 Å². The van der Waals surface area contributed by atoms with Crippen molar-refractivity contribution in [3.63, 3.8) is 0 Å². The minimum atomic E-state index is -0.949. The van der Waals surface area contributed by atoms with E-state index in [1.165, 1.54) is 32.5 Å². The first-order chi connectivity index (χ1) is 25.3. The fourth-order valence-corrected chi connectivity index (χ4v) is 7.26. The third kappa shape index (κ3) is 9.29. The molecule has 0 unspecified atom stereocenters. The maximum atomic E-state index is 14.1. The van der Waals surface area contributed by atoms with Crippen molar-refractivity contribution in [3.8, 4) is 28.3 Å². The van der Waals surface area contributed by atoms with Gasteiger partial charge >= 0.3 is 12.2 Å². The molecule has 0 saturated carbocycles. The summed E-state index contributed by atoms with van der Waals surface area (Å²) < 4.78 is 17.4. The molecule has 0 radical (unpaired) electrons. The van der Waals surface area contributed by atoms with Gasteiger partial charge in [0.2, 0.25) is 0 Å². The molecule has 0 N–H and O–H groups in total. The quantitative estimate of drug-likeness (QED) is 0.138.